The van der Waals surface area contributed by atoms with Crippen LogP contribution < -0.4 is 10.6 Å². The van der Waals surface area contributed by atoms with E-state index in [-0.39, 0.29) is 11.0 Å². The predicted molar refractivity (Wildman–Crippen MR) is 96.8 cm³/mol. The molecule has 8 heteroatoms. The Morgan fingerprint density at radius 1 is 1.23 bits per heavy atom. The van der Waals surface area contributed by atoms with Gasteiger partial charge in [0.05, 0.1) is 15.7 Å². The van der Waals surface area contributed by atoms with Crippen molar-refractivity contribution in [3.63, 3.8) is 0 Å². The van der Waals surface area contributed by atoms with Gasteiger partial charge in [0, 0.05) is 10.0 Å². The number of anilines is 1. The first-order chi connectivity index (χ1) is 10.4. The Hall–Kier alpha value is -1.21. The molecule has 0 aliphatic carbocycles. The number of carbonyl (C=O) groups is 1. The summed E-state index contributed by atoms with van der Waals surface area (Å²) in [5.74, 6) is 0.157. The van der Waals surface area contributed by atoms with Gasteiger partial charge in [-0.05, 0) is 65.4 Å². The van der Waals surface area contributed by atoms with Crippen LogP contribution in [0.2, 0.25) is 10.0 Å². The molecule has 0 aliphatic heterocycles. The molecule has 1 aromatic heterocycles. The molecule has 1 heterocycles. The van der Waals surface area contributed by atoms with Gasteiger partial charge in [-0.25, -0.2) is 4.98 Å². The first-order valence-electron chi connectivity index (χ1n) is 6.07. The topological polar surface area (TPSA) is 54.0 Å². The summed E-state index contributed by atoms with van der Waals surface area (Å²) in [7, 11) is 0. The molecular formula is C14H10BrCl2N3OS. The molecule has 0 unspecified atom stereocenters. The quantitative estimate of drug-likeness (QED) is 0.700. The van der Waals surface area contributed by atoms with Gasteiger partial charge in [0.15, 0.2) is 5.11 Å². The monoisotopic (exact) mass is 417 g/mol. The van der Waals surface area contributed by atoms with Crippen molar-refractivity contribution in [2.75, 3.05) is 5.32 Å². The number of halogens is 3. The number of nitrogens with zero attached hydrogens (tertiary/aromatic N) is 1. The van der Waals surface area contributed by atoms with Crippen LogP contribution >= 0.6 is 51.3 Å². The molecule has 4 nitrogen and oxygen atoms in total. The minimum atomic E-state index is -0.384. The molecule has 0 saturated carbocycles. The van der Waals surface area contributed by atoms with Gasteiger partial charge in [-0.3, -0.25) is 10.1 Å². The van der Waals surface area contributed by atoms with Gasteiger partial charge in [-0.15, -0.1) is 0 Å². The van der Waals surface area contributed by atoms with Gasteiger partial charge in [0.25, 0.3) is 5.91 Å². The summed E-state index contributed by atoms with van der Waals surface area (Å²) >= 11 is 20.1. The van der Waals surface area contributed by atoms with Crippen molar-refractivity contribution in [2.45, 2.75) is 6.92 Å². The summed E-state index contributed by atoms with van der Waals surface area (Å²) in [4.78, 5) is 16.3. The van der Waals surface area contributed by atoms with Gasteiger partial charge >= 0.3 is 0 Å². The van der Waals surface area contributed by atoms with E-state index in [9.17, 15) is 4.79 Å². The molecule has 114 valence electrons. The highest BCUT2D eigenvalue weighted by Gasteiger charge is 2.10. The Morgan fingerprint density at radius 2 is 1.95 bits per heavy atom. The maximum Gasteiger partial charge on any atom is 0.257 e. The highest BCUT2D eigenvalue weighted by Crippen LogP contribution is 2.22. The maximum atomic E-state index is 12.1. The number of hydrogen-bond acceptors (Lipinski definition) is 3. The van der Waals surface area contributed by atoms with Crippen molar-refractivity contribution in [1.29, 1.82) is 0 Å². The van der Waals surface area contributed by atoms with E-state index < -0.39 is 0 Å². The molecular weight excluding hydrogens is 409 g/mol. The Morgan fingerprint density at radius 3 is 2.59 bits per heavy atom. The fraction of sp³-hybridized carbons (Fsp3) is 0.0714. The van der Waals surface area contributed by atoms with Crippen molar-refractivity contribution < 1.29 is 4.79 Å². The average Bonchev–Trinajstić information content (AvgIpc) is 2.45. The van der Waals surface area contributed by atoms with Gasteiger partial charge < -0.3 is 5.32 Å². The van der Waals surface area contributed by atoms with E-state index in [1.165, 1.54) is 6.07 Å². The number of aromatic nitrogens is 1. The van der Waals surface area contributed by atoms with Gasteiger partial charge in [0.1, 0.15) is 5.82 Å². The Kier molecular flexibility index (Phi) is 5.74. The minimum absolute atomic E-state index is 0.144. The number of rotatable bonds is 2. The number of hydrogen-bond donors (Lipinski definition) is 2. The fourth-order valence-corrected chi connectivity index (χ4v) is 2.29. The molecule has 1 aromatic carbocycles. The van der Waals surface area contributed by atoms with Gasteiger partial charge in [0.2, 0.25) is 0 Å². The summed E-state index contributed by atoms with van der Waals surface area (Å²) in [6, 6.07) is 8.18. The fourth-order valence-electron chi connectivity index (χ4n) is 1.57. The zero-order valence-corrected chi connectivity index (χ0v) is 15.2. The van der Waals surface area contributed by atoms with E-state index in [0.717, 1.165) is 10.2 Å². The van der Waals surface area contributed by atoms with Crippen LogP contribution in [0.3, 0.4) is 0 Å². The average molecular weight is 419 g/mol. The molecule has 0 fully saturated rings. The zero-order valence-electron chi connectivity index (χ0n) is 11.3. The standard InChI is InChI=1S/C14H10BrCl2N3OS/c1-7-9(15)3-5-12(18-7)19-14(22)20-13(21)8-2-4-10(16)11(17)6-8/h2-6H,1H3,(H2,18,19,20,21,22). The first kappa shape index (κ1) is 17.1. The van der Waals surface area contributed by atoms with E-state index in [4.69, 9.17) is 35.4 Å². The zero-order chi connectivity index (χ0) is 16.3. The number of thiocarbonyl (C=S) groups is 1. The van der Waals surface area contributed by atoms with Crippen LogP contribution in [0.1, 0.15) is 16.1 Å². The molecule has 2 rings (SSSR count). The molecule has 1 amide bonds. The van der Waals surface area contributed by atoms with Crippen LogP contribution in [0.4, 0.5) is 5.82 Å². The smallest absolute Gasteiger partial charge is 0.257 e. The third-order valence-electron chi connectivity index (χ3n) is 2.67. The molecule has 0 radical (unpaired) electrons. The summed E-state index contributed by atoms with van der Waals surface area (Å²) in [6.07, 6.45) is 0. The number of benzene rings is 1. The van der Waals surface area contributed by atoms with E-state index in [1.54, 1.807) is 18.2 Å². The Balaban J connectivity index is 2.03. The molecule has 0 aliphatic rings. The Labute approximate surface area is 151 Å². The maximum absolute atomic E-state index is 12.1. The second-order valence-corrected chi connectivity index (χ2v) is 6.38. The normalized spacial score (nSPS) is 10.2. The van der Waals surface area contributed by atoms with Crippen molar-refractivity contribution in [3.8, 4) is 0 Å². The molecule has 22 heavy (non-hydrogen) atoms. The largest absolute Gasteiger partial charge is 0.317 e. The molecule has 0 saturated heterocycles. The number of carbonyl (C=O) groups excluding carboxylic acids is 1. The predicted octanol–water partition coefficient (Wildman–Crippen LogP) is 4.59. The number of aryl methyl sites for hydroxylation is 1. The van der Waals surface area contributed by atoms with Crippen LogP contribution in [-0.4, -0.2) is 16.0 Å². The van der Waals surface area contributed by atoms with Crippen LogP contribution in [0, 0.1) is 6.92 Å². The van der Waals surface area contributed by atoms with Crippen LogP contribution in [-0.2, 0) is 0 Å². The Bertz CT molecular complexity index is 755. The van der Waals surface area contributed by atoms with Crippen LogP contribution in [0.15, 0.2) is 34.8 Å². The molecule has 0 spiro atoms. The second-order valence-electron chi connectivity index (χ2n) is 4.30. The third-order valence-corrected chi connectivity index (χ3v) is 4.45. The van der Waals surface area contributed by atoms with Crippen molar-refractivity contribution in [1.82, 2.24) is 10.3 Å². The number of nitrogens with one attached hydrogen (secondary N) is 2. The summed E-state index contributed by atoms with van der Waals surface area (Å²) < 4.78 is 0.892. The molecule has 0 atom stereocenters. The van der Waals surface area contributed by atoms with Crippen LogP contribution in [0.5, 0.6) is 0 Å². The van der Waals surface area contributed by atoms with Crippen molar-refractivity contribution >= 4 is 68.2 Å². The van der Waals surface area contributed by atoms with E-state index in [2.05, 4.69) is 31.5 Å². The van der Waals surface area contributed by atoms with E-state index in [0.29, 0.717) is 21.4 Å². The van der Waals surface area contributed by atoms with E-state index in [1.807, 2.05) is 13.0 Å². The van der Waals surface area contributed by atoms with Crippen molar-refractivity contribution in [2.24, 2.45) is 0 Å². The lowest BCUT2D eigenvalue weighted by Crippen LogP contribution is -2.34. The first-order valence-corrected chi connectivity index (χ1v) is 8.03. The highest BCUT2D eigenvalue weighted by atomic mass is 79.9. The number of pyridine rings is 1. The van der Waals surface area contributed by atoms with E-state index >= 15 is 0 Å². The minimum Gasteiger partial charge on any atom is -0.317 e. The number of amides is 1. The second kappa shape index (κ2) is 7.37. The lowest BCUT2D eigenvalue weighted by atomic mass is 10.2. The lowest BCUT2D eigenvalue weighted by Gasteiger charge is -2.10. The highest BCUT2D eigenvalue weighted by molar-refractivity contribution is 9.10. The van der Waals surface area contributed by atoms with Crippen LogP contribution in [0.25, 0.3) is 0 Å². The lowest BCUT2D eigenvalue weighted by molar-refractivity contribution is 0.0978. The summed E-state index contributed by atoms with van der Waals surface area (Å²) in [5, 5.41) is 6.23. The van der Waals surface area contributed by atoms with Crippen molar-refractivity contribution in [3.05, 3.63) is 56.1 Å². The summed E-state index contributed by atoms with van der Waals surface area (Å²) in [6.45, 7) is 1.85. The van der Waals surface area contributed by atoms with Gasteiger partial charge in [-0.2, -0.15) is 0 Å². The summed E-state index contributed by atoms with van der Waals surface area (Å²) in [5.41, 5.74) is 1.17. The van der Waals surface area contributed by atoms with Gasteiger partial charge in [-0.1, -0.05) is 23.2 Å². The molecule has 0 bridgehead atoms. The third kappa shape index (κ3) is 4.39. The molecule has 2 N–H and O–H groups in total. The molecule has 2 aromatic rings. The SMILES string of the molecule is Cc1nc(NC(=S)NC(=O)c2ccc(Cl)c(Cl)c2)ccc1Br.